The van der Waals surface area contributed by atoms with Crippen LogP contribution in [-0.2, 0) is 28.4 Å². The summed E-state index contributed by atoms with van der Waals surface area (Å²) < 4.78 is 34.2. The Bertz CT molecular complexity index is 2310. The Morgan fingerprint density at radius 1 is 0.421 bits per heavy atom. The van der Waals surface area contributed by atoms with Crippen LogP contribution >= 0.6 is 0 Å². The zero-order valence-electron chi connectivity index (χ0n) is 46.2. The molecule has 4 aromatic rings. The van der Waals surface area contributed by atoms with E-state index in [4.69, 9.17) is 28.4 Å². The van der Waals surface area contributed by atoms with Gasteiger partial charge in [-0.2, -0.15) is 0 Å². The first-order valence-electron chi connectivity index (χ1n) is 26.1. The minimum atomic E-state index is -0.920. The van der Waals surface area contributed by atoms with E-state index in [9.17, 15) is 28.8 Å². The van der Waals surface area contributed by atoms with E-state index >= 15 is 0 Å². The Balaban J connectivity index is 1.25. The normalized spacial score (nSPS) is 11.7. The summed E-state index contributed by atoms with van der Waals surface area (Å²) >= 11 is 0. The van der Waals surface area contributed by atoms with E-state index in [1.165, 1.54) is 0 Å². The van der Waals surface area contributed by atoms with Gasteiger partial charge in [0.1, 0.15) is 13.2 Å². The molecule has 18 heteroatoms. The van der Waals surface area contributed by atoms with Crippen LogP contribution in [0.25, 0.3) is 0 Å². The lowest BCUT2D eigenvalue weighted by atomic mass is 9.97. The number of ketones is 2. The summed E-state index contributed by atoms with van der Waals surface area (Å²) in [4.78, 5) is 88.2. The predicted molar refractivity (Wildman–Crippen MR) is 297 cm³/mol. The van der Waals surface area contributed by atoms with Gasteiger partial charge >= 0.3 is 24.1 Å². The minimum absolute atomic E-state index is 0.00222. The number of nitrogens with zero attached hydrogens (tertiary/aromatic N) is 4. The highest BCUT2D eigenvalue weighted by Crippen LogP contribution is 2.25. The summed E-state index contributed by atoms with van der Waals surface area (Å²) in [6.07, 6.45) is 2.88. The first-order chi connectivity index (χ1) is 36.4. The topological polar surface area (TPSA) is 195 Å². The average molecular weight is 1050 g/mol. The lowest BCUT2D eigenvalue weighted by Crippen LogP contribution is -2.35. The molecule has 0 saturated carbocycles. The number of rotatable bonds is 33. The molecule has 0 aliphatic heterocycles. The fourth-order valence-electron chi connectivity index (χ4n) is 7.51. The molecular formula is C58H80N6O12. The molecule has 0 aromatic heterocycles. The fourth-order valence-corrected chi connectivity index (χ4v) is 7.51. The lowest BCUT2D eigenvalue weighted by Gasteiger charge is -2.20. The molecule has 0 radical (unpaired) electrons. The maximum atomic E-state index is 13.7. The van der Waals surface area contributed by atoms with Crippen LogP contribution in [0.2, 0.25) is 0 Å². The van der Waals surface area contributed by atoms with Crippen molar-refractivity contribution in [2.24, 2.45) is 0 Å². The first-order valence-corrected chi connectivity index (χ1v) is 26.1. The Kier molecular flexibility index (Phi) is 26.1. The van der Waals surface area contributed by atoms with Gasteiger partial charge in [0.05, 0.1) is 24.3 Å². The molecule has 0 saturated heterocycles. The highest BCUT2D eigenvalue weighted by molar-refractivity contribution is 6.16. The summed E-state index contributed by atoms with van der Waals surface area (Å²) in [5, 5.41) is 5.51. The number of carbonyl (C=O) groups is 6. The second kappa shape index (κ2) is 32.3. The fraction of sp³-hybridized carbons (Fsp3) is 0.483. The molecule has 18 nitrogen and oxygen atoms in total. The van der Waals surface area contributed by atoms with Gasteiger partial charge < -0.3 is 58.7 Å². The van der Waals surface area contributed by atoms with Gasteiger partial charge in [0.25, 0.3) is 0 Å². The number of amides is 2. The highest BCUT2D eigenvalue weighted by atomic mass is 16.6. The Hall–Kier alpha value is -7.18. The van der Waals surface area contributed by atoms with Gasteiger partial charge in [0.2, 0.25) is 0 Å². The molecule has 76 heavy (non-hydrogen) atoms. The Morgan fingerprint density at radius 3 is 1.09 bits per heavy atom. The number of hydrogen-bond acceptors (Lipinski definition) is 16. The van der Waals surface area contributed by atoms with Gasteiger partial charge in [0.15, 0.2) is 23.8 Å². The third-order valence-electron chi connectivity index (χ3n) is 12.1. The number of unbranched alkanes of at least 4 members (excludes halogenated alkanes) is 5. The van der Waals surface area contributed by atoms with Crippen molar-refractivity contribution in [1.82, 2.24) is 10.6 Å². The van der Waals surface area contributed by atoms with E-state index in [2.05, 4.69) is 10.6 Å². The predicted octanol–water partition coefficient (Wildman–Crippen LogP) is 8.81. The summed E-state index contributed by atoms with van der Waals surface area (Å²) in [7, 11) is 14.9. The maximum Gasteiger partial charge on any atom is 0.407 e. The number of esters is 2. The zero-order chi connectivity index (χ0) is 55.6. The molecule has 0 spiro atoms. The summed E-state index contributed by atoms with van der Waals surface area (Å²) in [5.74, 6) is -2.15. The van der Waals surface area contributed by atoms with Crippen molar-refractivity contribution in [3.63, 3.8) is 0 Å². The second-order valence-corrected chi connectivity index (χ2v) is 19.2. The smallest absolute Gasteiger partial charge is 0.407 e. The number of hydrogen-bond donors (Lipinski definition) is 2. The molecule has 4 rings (SSSR count). The number of alkyl carbamates (subject to hydrolysis) is 2. The van der Waals surface area contributed by atoms with Crippen LogP contribution < -0.4 is 30.2 Å². The molecular weight excluding hydrogens is 973 g/mol. The number of benzene rings is 4. The molecule has 2 unspecified atom stereocenters. The van der Waals surface area contributed by atoms with E-state index in [1.807, 2.05) is 114 Å². The molecule has 0 aliphatic rings. The van der Waals surface area contributed by atoms with Crippen LogP contribution in [0.3, 0.4) is 0 Å². The van der Waals surface area contributed by atoms with E-state index in [1.54, 1.807) is 60.7 Å². The molecule has 4 aromatic carbocycles. The van der Waals surface area contributed by atoms with Crippen molar-refractivity contribution < 1.29 is 57.2 Å². The van der Waals surface area contributed by atoms with E-state index in [0.717, 1.165) is 49.9 Å². The zero-order valence-corrected chi connectivity index (χ0v) is 46.2. The molecule has 0 heterocycles. The number of anilines is 4. The largest absolute Gasteiger partial charge is 0.458 e. The highest BCUT2D eigenvalue weighted by Gasteiger charge is 2.26. The van der Waals surface area contributed by atoms with Gasteiger partial charge in [0, 0.05) is 128 Å². The van der Waals surface area contributed by atoms with E-state index in [0.29, 0.717) is 61.6 Å². The van der Waals surface area contributed by atoms with Gasteiger partial charge in [-0.1, -0.05) is 39.5 Å². The van der Waals surface area contributed by atoms with Crippen molar-refractivity contribution in [3.8, 4) is 0 Å². The lowest BCUT2D eigenvalue weighted by molar-refractivity contribution is -0.0203. The van der Waals surface area contributed by atoms with Gasteiger partial charge in [-0.15, -0.1) is 0 Å². The Morgan fingerprint density at radius 2 is 0.763 bits per heavy atom. The first kappa shape index (κ1) is 61.4. The van der Waals surface area contributed by atoms with Crippen LogP contribution in [0.15, 0.2) is 84.9 Å². The van der Waals surface area contributed by atoms with E-state index < -0.39 is 36.3 Å². The monoisotopic (exact) mass is 1050 g/mol. The third kappa shape index (κ3) is 20.2. The standard InChI is InChI=1S/C58H80N6O12/c1-11-13-33-71-37-47(39-73-55(67)51-35-45(63(7)8)27-29-49(51)53(65)41-19-23-43(24-20-41)61(3)4)75-57(69)59-31-17-15-16-18-32-60-58(70)76-48(38-72-34-14-12-2)40-74-56(68)52-36-46(64(9)10)28-30-50(52)54(66)42-21-25-44(26-22-42)62(5)6/h19-30,35-36,47-48H,11-18,31-34,37-40H2,1-10H3,(H,59,69)(H,60,70). The molecule has 2 amide bonds. The van der Waals surface area contributed by atoms with Crippen molar-refractivity contribution in [2.45, 2.75) is 77.4 Å². The molecule has 0 aliphatic carbocycles. The van der Waals surface area contributed by atoms with Crippen LogP contribution in [0.1, 0.15) is 118 Å². The van der Waals surface area contributed by atoms with Crippen LogP contribution in [-0.4, -0.2) is 157 Å². The molecule has 2 atom stereocenters. The average Bonchev–Trinajstić information content (AvgIpc) is 3.41. The van der Waals surface area contributed by atoms with Gasteiger partial charge in [-0.3, -0.25) is 9.59 Å². The third-order valence-corrected chi connectivity index (χ3v) is 12.1. The number of carbonyl (C=O) groups excluding carboxylic acids is 6. The van der Waals surface area contributed by atoms with E-state index in [-0.39, 0.29) is 60.2 Å². The maximum absolute atomic E-state index is 13.7. The van der Waals surface area contributed by atoms with Crippen molar-refractivity contribution in [1.29, 1.82) is 0 Å². The quantitative estimate of drug-likeness (QED) is 0.0199. The van der Waals surface area contributed by atoms with Crippen molar-refractivity contribution in [3.05, 3.63) is 118 Å². The number of nitrogens with one attached hydrogen (secondary N) is 2. The second-order valence-electron chi connectivity index (χ2n) is 19.2. The summed E-state index contributed by atoms with van der Waals surface area (Å²) in [6.45, 7) is 4.95. The minimum Gasteiger partial charge on any atom is -0.458 e. The summed E-state index contributed by atoms with van der Waals surface area (Å²) in [5.41, 5.74) is 4.61. The Labute approximate surface area is 449 Å². The molecule has 2 N–H and O–H groups in total. The molecule has 0 fully saturated rings. The van der Waals surface area contributed by atoms with Gasteiger partial charge in [-0.25, -0.2) is 19.2 Å². The van der Waals surface area contributed by atoms with Crippen molar-refractivity contribution >= 4 is 58.4 Å². The van der Waals surface area contributed by atoms with Crippen molar-refractivity contribution in [2.75, 3.05) is 129 Å². The van der Waals surface area contributed by atoms with Gasteiger partial charge in [-0.05, 0) is 111 Å². The van der Waals surface area contributed by atoms with Crippen LogP contribution in [0.4, 0.5) is 32.3 Å². The molecule has 414 valence electrons. The number of ether oxygens (including phenoxy) is 6. The summed E-state index contributed by atoms with van der Waals surface area (Å²) in [6, 6.07) is 24.2. The van der Waals surface area contributed by atoms with Crippen LogP contribution in [0, 0.1) is 0 Å². The van der Waals surface area contributed by atoms with Crippen LogP contribution in [0.5, 0.6) is 0 Å². The SMILES string of the molecule is CCCCOCC(COC(=O)c1cc(N(C)C)ccc1C(=O)c1ccc(N(C)C)cc1)OC(=O)NCCCCCCNC(=O)OC(COCCCC)COC(=O)c1cc(N(C)C)ccc1C(=O)c1ccc(N(C)C)cc1. The molecule has 0 bridgehead atoms.